The van der Waals surface area contributed by atoms with Gasteiger partial charge in [0.15, 0.2) is 0 Å². The Morgan fingerprint density at radius 1 is 1.26 bits per heavy atom. The van der Waals surface area contributed by atoms with Crippen molar-refractivity contribution in [2.45, 2.75) is 48.3 Å². The van der Waals surface area contributed by atoms with Gasteiger partial charge < -0.3 is 9.30 Å². The molecule has 0 unspecified atom stereocenters. The maximum Gasteiger partial charge on any atom is 0.266 e. The second-order valence-electron chi connectivity index (χ2n) is 8.59. The van der Waals surface area contributed by atoms with Gasteiger partial charge >= 0.3 is 0 Å². The first-order valence-corrected chi connectivity index (χ1v) is 12.0. The van der Waals surface area contributed by atoms with E-state index in [2.05, 4.69) is 9.71 Å². The van der Waals surface area contributed by atoms with E-state index >= 15 is 0 Å². The van der Waals surface area contributed by atoms with Crippen molar-refractivity contribution in [3.63, 3.8) is 0 Å². The van der Waals surface area contributed by atoms with Gasteiger partial charge in [-0.15, -0.1) is 0 Å². The first-order valence-electron chi connectivity index (χ1n) is 10.5. The topological polar surface area (TPSA) is 90.3 Å². The number of carbonyl (C=O) groups excluding carboxylic acids is 1. The van der Waals surface area contributed by atoms with E-state index in [4.69, 9.17) is 4.74 Å². The molecule has 2 heterocycles. The number of aromatic nitrogens is 2. The van der Waals surface area contributed by atoms with Crippen molar-refractivity contribution >= 4 is 26.8 Å². The third-order valence-corrected chi connectivity index (χ3v) is 8.08. The van der Waals surface area contributed by atoms with Crippen LogP contribution in [0.5, 0.6) is 5.88 Å². The fraction of sp³-hybridized carbons (Fsp3) is 0.391. The molecule has 2 fully saturated rings. The van der Waals surface area contributed by atoms with Crippen molar-refractivity contribution in [1.29, 1.82) is 0 Å². The fourth-order valence-electron chi connectivity index (χ4n) is 4.49. The number of benzene rings is 1. The number of fused-ring (bicyclic) bond motifs is 1. The second-order valence-corrected chi connectivity index (χ2v) is 10.2. The number of amides is 1. The summed E-state index contributed by atoms with van der Waals surface area (Å²) in [6, 6.07) is 8.90. The molecule has 3 aromatic rings. The summed E-state index contributed by atoms with van der Waals surface area (Å²) in [5.74, 6) is 0.317. The molecule has 5 rings (SSSR count). The summed E-state index contributed by atoms with van der Waals surface area (Å²) in [5.41, 5.74) is 1.42. The molecule has 2 saturated carbocycles. The molecule has 0 aliphatic heterocycles. The van der Waals surface area contributed by atoms with Crippen LogP contribution in [0, 0.1) is 0 Å². The zero-order valence-electron chi connectivity index (χ0n) is 17.6. The standard InChI is InChI=1S/C23H25N3O4S/c1-26-12-9-16-7-4-8-19(20(16)26)31(28,29)25-22(27)23(10-11-23)18-13-17(15-5-3-6-15)14-24-21(18)30-2/h4,7-9,12-15H,3,5-6,10-11H2,1-2H3,(H,25,27). The van der Waals surface area contributed by atoms with Crippen LogP contribution in [0.15, 0.2) is 47.6 Å². The Morgan fingerprint density at radius 3 is 2.68 bits per heavy atom. The van der Waals surface area contributed by atoms with Gasteiger partial charge in [0, 0.05) is 30.4 Å². The van der Waals surface area contributed by atoms with Crippen LogP contribution in [0.25, 0.3) is 10.9 Å². The van der Waals surface area contributed by atoms with Crippen LogP contribution in [0.1, 0.15) is 49.1 Å². The third-order valence-electron chi connectivity index (χ3n) is 6.72. The predicted molar refractivity (Wildman–Crippen MR) is 117 cm³/mol. The summed E-state index contributed by atoms with van der Waals surface area (Å²) in [6.07, 6.45) is 8.16. The summed E-state index contributed by atoms with van der Waals surface area (Å²) in [6.45, 7) is 0. The number of aryl methyl sites for hydroxylation is 1. The van der Waals surface area contributed by atoms with Crippen molar-refractivity contribution in [2.24, 2.45) is 7.05 Å². The number of ether oxygens (including phenoxy) is 1. The first kappa shape index (κ1) is 20.1. The molecule has 1 amide bonds. The van der Waals surface area contributed by atoms with Crippen LogP contribution < -0.4 is 9.46 Å². The largest absolute Gasteiger partial charge is 0.481 e. The molecule has 0 atom stereocenters. The van der Waals surface area contributed by atoms with E-state index in [1.165, 1.54) is 19.6 Å². The molecule has 7 nitrogen and oxygen atoms in total. The van der Waals surface area contributed by atoms with Gasteiger partial charge in [-0.1, -0.05) is 18.6 Å². The molecule has 0 spiro atoms. The SMILES string of the molecule is COc1ncc(C2CCC2)cc1C1(C(=O)NS(=O)(=O)c2cccc3ccn(C)c23)CC1. The quantitative estimate of drug-likeness (QED) is 0.636. The van der Waals surface area contributed by atoms with Crippen molar-refractivity contribution in [3.8, 4) is 5.88 Å². The van der Waals surface area contributed by atoms with Crippen LogP contribution in [0.3, 0.4) is 0 Å². The number of hydrogen-bond acceptors (Lipinski definition) is 5. The summed E-state index contributed by atoms with van der Waals surface area (Å²) in [7, 11) is -0.742. The minimum absolute atomic E-state index is 0.0926. The number of sulfonamides is 1. The van der Waals surface area contributed by atoms with Gasteiger partial charge in [0.1, 0.15) is 4.90 Å². The molecule has 0 bridgehead atoms. The van der Waals surface area contributed by atoms with E-state index in [0.717, 1.165) is 23.8 Å². The molecule has 1 N–H and O–H groups in total. The average molecular weight is 440 g/mol. The smallest absolute Gasteiger partial charge is 0.266 e. The van der Waals surface area contributed by atoms with Crippen molar-refractivity contribution in [1.82, 2.24) is 14.3 Å². The maximum atomic E-state index is 13.3. The highest BCUT2D eigenvalue weighted by Crippen LogP contribution is 2.52. The van der Waals surface area contributed by atoms with E-state index in [-0.39, 0.29) is 4.90 Å². The van der Waals surface area contributed by atoms with Crippen molar-refractivity contribution < 1.29 is 17.9 Å². The number of hydrogen-bond donors (Lipinski definition) is 1. The normalized spacial score (nSPS) is 17.9. The van der Waals surface area contributed by atoms with Crippen LogP contribution in [-0.2, 0) is 27.3 Å². The Kier molecular flexibility index (Phi) is 4.58. The van der Waals surface area contributed by atoms with Crippen LogP contribution >= 0.6 is 0 Å². The van der Waals surface area contributed by atoms with Crippen molar-refractivity contribution in [2.75, 3.05) is 7.11 Å². The van der Waals surface area contributed by atoms with Crippen LogP contribution in [0.2, 0.25) is 0 Å². The summed E-state index contributed by atoms with van der Waals surface area (Å²) in [5, 5.41) is 0.804. The minimum atomic E-state index is -4.05. The highest BCUT2D eigenvalue weighted by atomic mass is 32.2. The molecule has 2 aliphatic carbocycles. The lowest BCUT2D eigenvalue weighted by atomic mass is 9.79. The molecule has 162 valence electrons. The number of pyridine rings is 1. The Morgan fingerprint density at radius 2 is 2.03 bits per heavy atom. The zero-order chi connectivity index (χ0) is 21.8. The van der Waals surface area contributed by atoms with Gasteiger partial charge in [0.05, 0.1) is 18.0 Å². The van der Waals surface area contributed by atoms with Gasteiger partial charge in [-0.25, -0.2) is 18.1 Å². The molecule has 1 aromatic carbocycles. The molecular formula is C23H25N3O4S. The monoisotopic (exact) mass is 439 g/mol. The van der Waals surface area contributed by atoms with Gasteiger partial charge in [0.2, 0.25) is 11.8 Å². The molecule has 2 aliphatic rings. The highest BCUT2D eigenvalue weighted by Gasteiger charge is 2.54. The summed E-state index contributed by atoms with van der Waals surface area (Å²) in [4.78, 5) is 17.9. The lowest BCUT2D eigenvalue weighted by Crippen LogP contribution is -2.39. The van der Waals surface area contributed by atoms with Gasteiger partial charge in [-0.2, -0.15) is 0 Å². The Hall–Kier alpha value is -2.87. The molecule has 8 heteroatoms. The predicted octanol–water partition coefficient (Wildman–Crippen LogP) is 3.39. The number of nitrogens with one attached hydrogen (secondary N) is 1. The second kappa shape index (κ2) is 7.09. The van der Waals surface area contributed by atoms with Gasteiger partial charge in [-0.3, -0.25) is 4.79 Å². The van der Waals surface area contributed by atoms with E-state index in [9.17, 15) is 13.2 Å². The summed E-state index contributed by atoms with van der Waals surface area (Å²) < 4.78 is 35.9. The van der Waals surface area contributed by atoms with Crippen LogP contribution in [0.4, 0.5) is 0 Å². The lowest BCUT2D eigenvalue weighted by molar-refractivity contribution is -0.121. The Labute approximate surface area is 181 Å². The van der Waals surface area contributed by atoms with E-state index in [1.807, 2.05) is 24.4 Å². The number of methoxy groups -OCH3 is 1. The zero-order valence-corrected chi connectivity index (χ0v) is 18.4. The molecule has 2 aromatic heterocycles. The number of carbonyl (C=O) groups is 1. The van der Waals surface area contributed by atoms with Gasteiger partial charge in [0.25, 0.3) is 10.0 Å². The third kappa shape index (κ3) is 3.20. The fourth-order valence-corrected chi connectivity index (χ4v) is 5.82. The van der Waals surface area contributed by atoms with Crippen LogP contribution in [-0.4, -0.2) is 31.0 Å². The minimum Gasteiger partial charge on any atom is -0.481 e. The van der Waals surface area contributed by atoms with E-state index < -0.39 is 21.3 Å². The molecular weight excluding hydrogens is 414 g/mol. The number of nitrogens with zero attached hydrogens (tertiary/aromatic N) is 2. The average Bonchev–Trinajstić information content (AvgIpc) is 3.44. The number of para-hydroxylation sites is 1. The van der Waals surface area contributed by atoms with E-state index in [1.54, 1.807) is 23.9 Å². The summed E-state index contributed by atoms with van der Waals surface area (Å²) >= 11 is 0. The Bertz CT molecular complexity index is 1290. The van der Waals surface area contributed by atoms with Gasteiger partial charge in [-0.05, 0) is 55.4 Å². The first-order chi connectivity index (χ1) is 14.9. The highest BCUT2D eigenvalue weighted by molar-refractivity contribution is 7.90. The van der Waals surface area contributed by atoms with Crippen molar-refractivity contribution in [3.05, 3.63) is 53.9 Å². The lowest BCUT2D eigenvalue weighted by Gasteiger charge is -2.27. The molecule has 31 heavy (non-hydrogen) atoms. The molecule has 0 saturated heterocycles. The van der Waals surface area contributed by atoms with E-state index in [0.29, 0.717) is 35.7 Å². The maximum absolute atomic E-state index is 13.3. The Balaban J connectivity index is 1.50. The number of rotatable bonds is 6. The molecule has 0 radical (unpaired) electrons.